The molecule has 1 aliphatic heterocycles. The molecule has 1 heterocycles. The largest absolute Gasteiger partial charge is 0.465 e. The first-order chi connectivity index (χ1) is 13.7. The van der Waals surface area contributed by atoms with E-state index in [4.69, 9.17) is 9.47 Å². The van der Waals surface area contributed by atoms with Crippen LogP contribution in [0.3, 0.4) is 0 Å². The molecular formula is C22H25BrN2O4. The van der Waals surface area contributed by atoms with E-state index in [1.165, 1.54) is 7.11 Å². The Morgan fingerprint density at radius 3 is 2.62 bits per heavy atom. The molecule has 0 aliphatic carbocycles. The quantitative estimate of drug-likeness (QED) is 0.639. The van der Waals surface area contributed by atoms with Crippen LogP contribution in [-0.4, -0.2) is 36.2 Å². The van der Waals surface area contributed by atoms with Crippen LogP contribution in [0.25, 0.3) is 0 Å². The molecule has 0 spiro atoms. The lowest BCUT2D eigenvalue weighted by Crippen LogP contribution is -2.38. The van der Waals surface area contributed by atoms with Crippen molar-refractivity contribution in [1.29, 1.82) is 0 Å². The minimum absolute atomic E-state index is 0.223. The second kappa shape index (κ2) is 8.45. The van der Waals surface area contributed by atoms with E-state index in [0.29, 0.717) is 24.3 Å². The highest BCUT2D eigenvalue weighted by Crippen LogP contribution is 2.36. The number of nitrogens with one attached hydrogen (secondary N) is 1. The zero-order valence-corrected chi connectivity index (χ0v) is 18.6. The summed E-state index contributed by atoms with van der Waals surface area (Å²) in [6.45, 7) is 6.45. The lowest BCUT2D eigenvalue weighted by Gasteiger charge is -2.29. The topological polar surface area (TPSA) is 67.9 Å². The van der Waals surface area contributed by atoms with Gasteiger partial charge in [0.2, 0.25) is 0 Å². The Kier molecular flexibility index (Phi) is 6.17. The summed E-state index contributed by atoms with van der Waals surface area (Å²) in [5, 5.41) is 3.31. The molecule has 3 rings (SSSR count). The van der Waals surface area contributed by atoms with Gasteiger partial charge in [0, 0.05) is 16.7 Å². The number of carbonyl (C=O) groups is 2. The number of para-hydroxylation sites is 1. The molecule has 29 heavy (non-hydrogen) atoms. The van der Waals surface area contributed by atoms with Crippen LogP contribution < -0.4 is 5.32 Å². The minimum atomic E-state index is -0.581. The van der Waals surface area contributed by atoms with E-state index >= 15 is 0 Å². The number of fused-ring (bicyclic) bond motifs is 1. The van der Waals surface area contributed by atoms with Crippen molar-refractivity contribution in [2.24, 2.45) is 0 Å². The van der Waals surface area contributed by atoms with Crippen molar-refractivity contribution in [1.82, 2.24) is 4.90 Å². The highest BCUT2D eigenvalue weighted by molar-refractivity contribution is 9.10. The Bertz CT molecular complexity index is 923. The standard InChI is InChI=1S/C22H25BrN2O4/c1-22(2,3)29-21(27)25-13-14-11-15(23)9-10-16(14)19(25)12-24-18-8-6-5-7-17(18)20(26)28-4/h5-11,19,24H,12-13H2,1-4H3. The molecule has 154 valence electrons. The molecule has 0 aromatic heterocycles. The van der Waals surface area contributed by atoms with Crippen LogP contribution in [0, 0.1) is 0 Å². The Balaban J connectivity index is 1.86. The van der Waals surface area contributed by atoms with Crippen LogP contribution in [0.5, 0.6) is 0 Å². The summed E-state index contributed by atoms with van der Waals surface area (Å²) in [4.78, 5) is 26.6. The molecule has 1 atom stereocenters. The molecule has 2 aromatic carbocycles. The number of benzene rings is 2. The van der Waals surface area contributed by atoms with Crippen LogP contribution in [0.15, 0.2) is 46.9 Å². The third kappa shape index (κ3) is 4.90. The molecule has 7 heteroatoms. The van der Waals surface area contributed by atoms with Gasteiger partial charge < -0.3 is 14.8 Å². The predicted molar refractivity (Wildman–Crippen MR) is 115 cm³/mol. The van der Waals surface area contributed by atoms with E-state index in [9.17, 15) is 9.59 Å². The van der Waals surface area contributed by atoms with Gasteiger partial charge in [-0.2, -0.15) is 0 Å². The van der Waals surface area contributed by atoms with Gasteiger partial charge in [0.25, 0.3) is 0 Å². The first kappa shape index (κ1) is 21.2. The smallest absolute Gasteiger partial charge is 0.411 e. The van der Waals surface area contributed by atoms with Crippen molar-refractivity contribution in [2.45, 2.75) is 39.0 Å². The number of hydrogen-bond donors (Lipinski definition) is 1. The molecule has 0 bridgehead atoms. The van der Waals surface area contributed by atoms with Gasteiger partial charge >= 0.3 is 12.1 Å². The van der Waals surface area contributed by atoms with E-state index in [1.807, 2.05) is 51.1 Å². The summed E-state index contributed by atoms with van der Waals surface area (Å²) >= 11 is 3.50. The Labute approximate surface area is 179 Å². The molecule has 0 saturated heterocycles. The average molecular weight is 461 g/mol. The van der Waals surface area contributed by atoms with E-state index < -0.39 is 11.6 Å². The van der Waals surface area contributed by atoms with Crippen molar-refractivity contribution in [3.63, 3.8) is 0 Å². The van der Waals surface area contributed by atoms with Gasteiger partial charge in [0.05, 0.1) is 25.3 Å². The molecular weight excluding hydrogens is 436 g/mol. The van der Waals surface area contributed by atoms with Gasteiger partial charge in [-0.15, -0.1) is 0 Å². The first-order valence-electron chi connectivity index (χ1n) is 9.39. The highest BCUT2D eigenvalue weighted by atomic mass is 79.9. The summed E-state index contributed by atoms with van der Waals surface area (Å²) in [7, 11) is 1.36. The molecule has 6 nitrogen and oxygen atoms in total. The third-order valence-electron chi connectivity index (χ3n) is 4.63. The van der Waals surface area contributed by atoms with Crippen molar-refractivity contribution in [3.8, 4) is 0 Å². The van der Waals surface area contributed by atoms with Gasteiger partial charge in [-0.3, -0.25) is 4.90 Å². The molecule has 0 saturated carbocycles. The van der Waals surface area contributed by atoms with Crippen LogP contribution in [0.4, 0.5) is 10.5 Å². The predicted octanol–water partition coefficient (Wildman–Crippen LogP) is 5.14. The van der Waals surface area contributed by atoms with Crippen molar-refractivity contribution < 1.29 is 19.1 Å². The number of carbonyl (C=O) groups excluding carboxylic acids is 2. The molecule has 1 aliphatic rings. The van der Waals surface area contributed by atoms with Gasteiger partial charge in [-0.1, -0.05) is 34.1 Å². The number of amides is 1. The van der Waals surface area contributed by atoms with E-state index in [2.05, 4.69) is 21.2 Å². The summed E-state index contributed by atoms with van der Waals surface area (Å²) in [5.74, 6) is -0.409. The number of nitrogens with zero attached hydrogens (tertiary/aromatic N) is 1. The first-order valence-corrected chi connectivity index (χ1v) is 10.2. The zero-order chi connectivity index (χ0) is 21.2. The van der Waals surface area contributed by atoms with Gasteiger partial charge in [-0.25, -0.2) is 9.59 Å². The maximum Gasteiger partial charge on any atom is 0.411 e. The van der Waals surface area contributed by atoms with E-state index in [-0.39, 0.29) is 12.1 Å². The normalized spacial score (nSPS) is 15.6. The van der Waals surface area contributed by atoms with Crippen LogP contribution >= 0.6 is 15.9 Å². The van der Waals surface area contributed by atoms with Crippen molar-refractivity contribution in [3.05, 3.63) is 63.6 Å². The van der Waals surface area contributed by atoms with Gasteiger partial charge in [0.15, 0.2) is 0 Å². The fraction of sp³-hybridized carbons (Fsp3) is 0.364. The average Bonchev–Trinajstić information content (AvgIpc) is 3.02. The van der Waals surface area contributed by atoms with Gasteiger partial charge in [-0.05, 0) is 56.2 Å². The lowest BCUT2D eigenvalue weighted by molar-refractivity contribution is 0.0182. The number of methoxy groups -OCH3 is 1. The molecule has 0 fully saturated rings. The molecule has 1 amide bonds. The number of anilines is 1. The molecule has 2 aromatic rings. The third-order valence-corrected chi connectivity index (χ3v) is 5.12. The SMILES string of the molecule is COC(=O)c1ccccc1NCC1c2ccc(Br)cc2CN1C(=O)OC(C)(C)C. The van der Waals surface area contributed by atoms with Crippen molar-refractivity contribution in [2.75, 3.05) is 19.0 Å². The lowest BCUT2D eigenvalue weighted by atomic mass is 10.0. The maximum absolute atomic E-state index is 12.8. The van der Waals surface area contributed by atoms with E-state index in [1.54, 1.807) is 17.0 Å². The number of ether oxygens (including phenoxy) is 2. The fourth-order valence-electron chi connectivity index (χ4n) is 3.36. The fourth-order valence-corrected chi connectivity index (χ4v) is 3.77. The van der Waals surface area contributed by atoms with Crippen LogP contribution in [0.1, 0.15) is 48.3 Å². The zero-order valence-electron chi connectivity index (χ0n) is 17.0. The Morgan fingerprint density at radius 2 is 1.93 bits per heavy atom. The highest BCUT2D eigenvalue weighted by Gasteiger charge is 2.36. The number of hydrogen-bond acceptors (Lipinski definition) is 5. The Hall–Kier alpha value is -2.54. The van der Waals surface area contributed by atoms with Crippen LogP contribution in [0.2, 0.25) is 0 Å². The second-order valence-corrected chi connectivity index (χ2v) is 8.80. The number of halogens is 1. The van der Waals surface area contributed by atoms with Crippen molar-refractivity contribution >= 4 is 33.7 Å². The monoisotopic (exact) mass is 460 g/mol. The van der Waals surface area contributed by atoms with Crippen LogP contribution in [-0.2, 0) is 16.0 Å². The summed E-state index contributed by atoms with van der Waals surface area (Å²) in [6.07, 6.45) is -0.363. The summed E-state index contributed by atoms with van der Waals surface area (Å²) in [5.41, 5.74) is 2.66. The molecule has 1 N–H and O–H groups in total. The number of esters is 1. The number of rotatable bonds is 4. The van der Waals surface area contributed by atoms with Gasteiger partial charge in [0.1, 0.15) is 5.60 Å². The second-order valence-electron chi connectivity index (χ2n) is 7.89. The summed E-state index contributed by atoms with van der Waals surface area (Å²) in [6, 6.07) is 12.9. The molecule has 0 radical (unpaired) electrons. The van der Waals surface area contributed by atoms with E-state index in [0.717, 1.165) is 15.6 Å². The summed E-state index contributed by atoms with van der Waals surface area (Å²) < 4.78 is 11.4. The minimum Gasteiger partial charge on any atom is -0.465 e. The Morgan fingerprint density at radius 1 is 1.21 bits per heavy atom. The maximum atomic E-state index is 12.8. The molecule has 1 unspecified atom stereocenters.